The zero-order chi connectivity index (χ0) is 18.8. The standard InChI is InChI=1S/C17H12Cl2F2N2O3/c18-8-1-2-10(11(19)5-8)14-6-9(23-26-14)7-25-13-4-3-12(20)15(16(13)21)17(22)24/h1-5,14H,6-7H2,(H2,22,24). The molecular formula is C17H12Cl2F2N2O3. The van der Waals surface area contributed by atoms with E-state index in [1.165, 1.54) is 0 Å². The lowest BCUT2D eigenvalue weighted by atomic mass is 10.0. The van der Waals surface area contributed by atoms with Crippen molar-refractivity contribution in [2.24, 2.45) is 10.9 Å². The van der Waals surface area contributed by atoms with E-state index in [1.54, 1.807) is 18.2 Å². The highest BCUT2D eigenvalue weighted by Crippen LogP contribution is 2.34. The minimum absolute atomic E-state index is 0.109. The monoisotopic (exact) mass is 400 g/mol. The lowest BCUT2D eigenvalue weighted by Gasteiger charge is -2.11. The number of amides is 1. The lowest BCUT2D eigenvalue weighted by Crippen LogP contribution is -2.17. The Balaban J connectivity index is 1.67. The Morgan fingerprint density at radius 3 is 2.77 bits per heavy atom. The van der Waals surface area contributed by atoms with Crippen LogP contribution in [0.25, 0.3) is 0 Å². The first-order valence-corrected chi connectivity index (χ1v) is 8.19. The van der Waals surface area contributed by atoms with Gasteiger partial charge in [0, 0.05) is 22.0 Å². The predicted molar refractivity (Wildman–Crippen MR) is 92.7 cm³/mol. The van der Waals surface area contributed by atoms with Crippen LogP contribution >= 0.6 is 23.2 Å². The minimum Gasteiger partial charge on any atom is -0.484 e. The molecule has 0 spiro atoms. The van der Waals surface area contributed by atoms with E-state index in [1.807, 2.05) is 0 Å². The number of ether oxygens (including phenoxy) is 1. The molecule has 9 heteroatoms. The fourth-order valence-electron chi connectivity index (χ4n) is 2.47. The van der Waals surface area contributed by atoms with Crippen molar-refractivity contribution >= 4 is 34.8 Å². The molecular weight excluding hydrogens is 389 g/mol. The number of carbonyl (C=O) groups excluding carboxylic acids is 1. The number of hydrogen-bond donors (Lipinski definition) is 1. The maximum absolute atomic E-state index is 14.1. The molecule has 5 nitrogen and oxygen atoms in total. The summed E-state index contributed by atoms with van der Waals surface area (Å²) in [5.74, 6) is -3.74. The van der Waals surface area contributed by atoms with E-state index in [9.17, 15) is 13.6 Å². The number of rotatable bonds is 5. The highest BCUT2D eigenvalue weighted by Gasteiger charge is 2.26. The Kier molecular flexibility index (Phi) is 5.29. The largest absolute Gasteiger partial charge is 0.484 e. The molecule has 0 bridgehead atoms. The van der Waals surface area contributed by atoms with Crippen molar-refractivity contribution in [1.82, 2.24) is 0 Å². The summed E-state index contributed by atoms with van der Waals surface area (Å²) < 4.78 is 32.9. The first-order chi connectivity index (χ1) is 12.4. The van der Waals surface area contributed by atoms with Crippen LogP contribution in [0.3, 0.4) is 0 Å². The van der Waals surface area contributed by atoms with Gasteiger partial charge in [0.1, 0.15) is 18.0 Å². The molecule has 1 amide bonds. The van der Waals surface area contributed by atoms with Gasteiger partial charge in [0.15, 0.2) is 17.7 Å². The highest BCUT2D eigenvalue weighted by molar-refractivity contribution is 6.35. The van der Waals surface area contributed by atoms with Crippen LogP contribution in [0.2, 0.25) is 10.0 Å². The number of halogens is 4. The van der Waals surface area contributed by atoms with Gasteiger partial charge >= 0.3 is 0 Å². The van der Waals surface area contributed by atoms with Gasteiger partial charge < -0.3 is 15.3 Å². The van der Waals surface area contributed by atoms with Crippen LogP contribution in [-0.2, 0) is 4.84 Å². The summed E-state index contributed by atoms with van der Waals surface area (Å²) in [7, 11) is 0. The van der Waals surface area contributed by atoms with Crippen molar-refractivity contribution in [2.75, 3.05) is 6.61 Å². The summed E-state index contributed by atoms with van der Waals surface area (Å²) in [6.07, 6.45) is -0.0510. The normalized spacial score (nSPS) is 16.2. The quantitative estimate of drug-likeness (QED) is 0.814. The molecule has 136 valence electrons. The average molecular weight is 401 g/mol. The van der Waals surface area contributed by atoms with Crippen molar-refractivity contribution in [3.63, 3.8) is 0 Å². The van der Waals surface area contributed by atoms with Crippen LogP contribution in [0.15, 0.2) is 35.5 Å². The molecule has 2 aromatic carbocycles. The Bertz CT molecular complexity index is 906. The second-order valence-electron chi connectivity index (χ2n) is 5.51. The fourth-order valence-corrected chi connectivity index (χ4v) is 3.00. The van der Waals surface area contributed by atoms with Crippen LogP contribution in [0.1, 0.15) is 28.4 Å². The summed E-state index contributed by atoms with van der Waals surface area (Å²) in [5.41, 5.74) is 5.32. The lowest BCUT2D eigenvalue weighted by molar-refractivity contribution is 0.0857. The Labute approximate surface area is 157 Å². The van der Waals surface area contributed by atoms with Crippen molar-refractivity contribution < 1.29 is 23.1 Å². The van der Waals surface area contributed by atoms with Gasteiger partial charge in [-0.2, -0.15) is 0 Å². The van der Waals surface area contributed by atoms with Gasteiger partial charge in [0.25, 0.3) is 5.91 Å². The molecule has 0 saturated carbocycles. The highest BCUT2D eigenvalue weighted by atomic mass is 35.5. The van der Waals surface area contributed by atoms with Gasteiger partial charge in [-0.1, -0.05) is 34.4 Å². The van der Waals surface area contributed by atoms with E-state index in [0.717, 1.165) is 12.1 Å². The van der Waals surface area contributed by atoms with Crippen molar-refractivity contribution in [1.29, 1.82) is 0 Å². The third-order valence-electron chi connectivity index (χ3n) is 3.74. The molecule has 0 aromatic heterocycles. The number of oxime groups is 1. The smallest absolute Gasteiger partial charge is 0.254 e. The van der Waals surface area contributed by atoms with Gasteiger partial charge in [-0.15, -0.1) is 0 Å². The molecule has 0 aliphatic carbocycles. The Hall–Kier alpha value is -2.38. The Morgan fingerprint density at radius 1 is 1.31 bits per heavy atom. The molecule has 1 heterocycles. The number of primary amides is 1. The van der Waals surface area contributed by atoms with Gasteiger partial charge in [-0.05, 0) is 24.3 Å². The molecule has 1 aliphatic rings. The Morgan fingerprint density at radius 2 is 2.08 bits per heavy atom. The SMILES string of the molecule is NC(=O)c1c(F)ccc(OCC2=NOC(c3ccc(Cl)cc3Cl)C2)c1F. The summed E-state index contributed by atoms with van der Waals surface area (Å²) >= 11 is 12.0. The minimum atomic E-state index is -1.22. The number of benzene rings is 2. The van der Waals surface area contributed by atoms with Crippen LogP contribution in [-0.4, -0.2) is 18.2 Å². The summed E-state index contributed by atoms with van der Waals surface area (Å²) in [6, 6.07) is 6.98. The number of nitrogens with two attached hydrogens (primary N) is 1. The molecule has 0 radical (unpaired) electrons. The van der Waals surface area contributed by atoms with Crippen molar-refractivity contribution in [3.8, 4) is 5.75 Å². The molecule has 1 unspecified atom stereocenters. The summed E-state index contributed by atoms with van der Waals surface area (Å²) in [6.45, 7) is -0.109. The van der Waals surface area contributed by atoms with Gasteiger partial charge in [-0.25, -0.2) is 8.78 Å². The van der Waals surface area contributed by atoms with E-state index in [0.29, 0.717) is 27.7 Å². The van der Waals surface area contributed by atoms with Crippen LogP contribution in [0, 0.1) is 11.6 Å². The molecule has 2 N–H and O–H groups in total. The third-order valence-corrected chi connectivity index (χ3v) is 4.30. The van der Waals surface area contributed by atoms with E-state index < -0.39 is 29.2 Å². The second-order valence-corrected chi connectivity index (χ2v) is 6.35. The third kappa shape index (κ3) is 3.73. The summed E-state index contributed by atoms with van der Waals surface area (Å²) in [5, 5.41) is 4.83. The van der Waals surface area contributed by atoms with Crippen LogP contribution in [0.4, 0.5) is 8.78 Å². The molecule has 1 atom stereocenters. The molecule has 2 aromatic rings. The maximum Gasteiger partial charge on any atom is 0.254 e. The zero-order valence-electron chi connectivity index (χ0n) is 13.1. The van der Waals surface area contributed by atoms with E-state index >= 15 is 0 Å². The van der Waals surface area contributed by atoms with Crippen LogP contribution < -0.4 is 10.5 Å². The van der Waals surface area contributed by atoms with Crippen molar-refractivity contribution in [3.05, 3.63) is 63.1 Å². The van der Waals surface area contributed by atoms with Gasteiger partial charge in [-0.3, -0.25) is 4.79 Å². The van der Waals surface area contributed by atoms with Gasteiger partial charge in [0.2, 0.25) is 0 Å². The van der Waals surface area contributed by atoms with E-state index in [2.05, 4.69) is 5.16 Å². The first-order valence-electron chi connectivity index (χ1n) is 7.44. The molecule has 26 heavy (non-hydrogen) atoms. The summed E-state index contributed by atoms with van der Waals surface area (Å²) in [4.78, 5) is 16.5. The predicted octanol–water partition coefficient (Wildman–Crippen LogP) is 4.27. The molecule has 0 fully saturated rings. The fraction of sp³-hybridized carbons (Fsp3) is 0.176. The number of hydrogen-bond acceptors (Lipinski definition) is 4. The number of carbonyl (C=O) groups is 1. The molecule has 0 saturated heterocycles. The molecule has 1 aliphatic heterocycles. The van der Waals surface area contributed by atoms with E-state index in [-0.39, 0.29) is 12.4 Å². The van der Waals surface area contributed by atoms with Crippen LogP contribution in [0.5, 0.6) is 5.75 Å². The maximum atomic E-state index is 14.1. The second kappa shape index (κ2) is 7.47. The van der Waals surface area contributed by atoms with Gasteiger partial charge in [0.05, 0.1) is 5.71 Å². The number of nitrogens with zero attached hydrogens (tertiary/aromatic N) is 1. The zero-order valence-corrected chi connectivity index (χ0v) is 14.7. The first kappa shape index (κ1) is 18.4. The molecule has 3 rings (SSSR count). The van der Waals surface area contributed by atoms with Crippen molar-refractivity contribution in [2.45, 2.75) is 12.5 Å². The topological polar surface area (TPSA) is 73.9 Å². The van der Waals surface area contributed by atoms with E-state index in [4.69, 9.17) is 38.5 Å². The average Bonchev–Trinajstić information content (AvgIpc) is 3.02.